The Hall–Kier alpha value is -0.780. The highest BCUT2D eigenvalue weighted by Gasteiger charge is 2.15. The van der Waals surface area contributed by atoms with Crippen LogP contribution in [0.2, 0.25) is 0 Å². The smallest absolute Gasteiger partial charge is 0.0801 e. The van der Waals surface area contributed by atoms with Crippen molar-refractivity contribution >= 4 is 27.3 Å². The van der Waals surface area contributed by atoms with E-state index in [0.29, 0.717) is 0 Å². The minimum absolute atomic E-state index is 0.126. The summed E-state index contributed by atoms with van der Waals surface area (Å²) in [6.07, 6.45) is 5.22. The largest absolute Gasteiger partial charge is 0.305 e. The molecular weight excluding hydrogens is 286 g/mol. The maximum atomic E-state index is 4.35. The number of nitrogens with zero attached hydrogens (tertiary/aromatic N) is 2. The van der Waals surface area contributed by atoms with Crippen LogP contribution < -0.4 is 5.32 Å². The third-order valence-electron chi connectivity index (χ3n) is 2.21. The molecule has 5 heteroatoms. The van der Waals surface area contributed by atoms with Crippen molar-refractivity contribution in [3.63, 3.8) is 0 Å². The van der Waals surface area contributed by atoms with Crippen molar-refractivity contribution in [2.24, 2.45) is 0 Å². The molecule has 0 aliphatic heterocycles. The molecule has 0 aromatic carbocycles. The third-order valence-corrected chi connectivity index (χ3v) is 3.73. The lowest BCUT2D eigenvalue weighted by Gasteiger charge is -2.15. The molecule has 0 radical (unpaired) electrons. The highest BCUT2D eigenvalue weighted by Crippen LogP contribution is 2.28. The SMILES string of the molecule is CCNC(c1csc(Br)c1)c1cnccn1. The Morgan fingerprint density at radius 2 is 2.38 bits per heavy atom. The van der Waals surface area contributed by atoms with Crippen LogP contribution in [-0.4, -0.2) is 16.5 Å². The number of hydrogen-bond acceptors (Lipinski definition) is 4. The Kier molecular flexibility index (Phi) is 4.04. The molecule has 0 amide bonds. The molecule has 1 N–H and O–H groups in total. The number of hydrogen-bond donors (Lipinski definition) is 1. The zero-order valence-electron chi connectivity index (χ0n) is 8.85. The van der Waals surface area contributed by atoms with E-state index in [1.807, 2.05) is 0 Å². The van der Waals surface area contributed by atoms with Crippen LogP contribution in [-0.2, 0) is 0 Å². The number of rotatable bonds is 4. The standard InChI is InChI=1S/C11H12BrN3S/c1-2-14-11(8-5-10(12)16-7-8)9-6-13-3-4-15-9/h3-7,11,14H,2H2,1H3. The van der Waals surface area contributed by atoms with Crippen molar-refractivity contribution in [3.05, 3.63) is 45.1 Å². The molecule has 2 aromatic rings. The lowest BCUT2D eigenvalue weighted by atomic mass is 10.1. The molecule has 3 nitrogen and oxygen atoms in total. The summed E-state index contributed by atoms with van der Waals surface area (Å²) in [7, 11) is 0. The monoisotopic (exact) mass is 297 g/mol. The summed E-state index contributed by atoms with van der Waals surface area (Å²) >= 11 is 5.16. The van der Waals surface area contributed by atoms with Gasteiger partial charge in [-0.3, -0.25) is 9.97 Å². The molecule has 2 rings (SSSR count). The van der Waals surface area contributed by atoms with Crippen molar-refractivity contribution in [1.29, 1.82) is 0 Å². The van der Waals surface area contributed by atoms with Crippen LogP contribution in [0.4, 0.5) is 0 Å². The third kappa shape index (κ3) is 2.66. The van der Waals surface area contributed by atoms with E-state index < -0.39 is 0 Å². The van der Waals surface area contributed by atoms with Gasteiger partial charge in [-0.15, -0.1) is 11.3 Å². The summed E-state index contributed by atoms with van der Waals surface area (Å²) in [5, 5.41) is 5.54. The van der Waals surface area contributed by atoms with Gasteiger partial charge in [0.05, 0.1) is 21.7 Å². The molecule has 84 valence electrons. The van der Waals surface area contributed by atoms with Crippen LogP contribution in [0.15, 0.2) is 33.8 Å². The molecule has 0 spiro atoms. The van der Waals surface area contributed by atoms with E-state index in [0.717, 1.165) is 16.0 Å². The molecule has 1 unspecified atom stereocenters. The maximum Gasteiger partial charge on any atom is 0.0801 e. The second-order valence-corrected chi connectivity index (χ2v) is 5.60. The van der Waals surface area contributed by atoms with Crippen molar-refractivity contribution in [2.75, 3.05) is 6.54 Å². The lowest BCUT2D eigenvalue weighted by molar-refractivity contribution is 0.614. The van der Waals surface area contributed by atoms with E-state index in [-0.39, 0.29) is 6.04 Å². The first-order valence-corrected chi connectivity index (χ1v) is 6.71. The topological polar surface area (TPSA) is 37.8 Å². The second kappa shape index (κ2) is 5.52. The Balaban J connectivity index is 2.31. The van der Waals surface area contributed by atoms with Gasteiger partial charge in [-0.2, -0.15) is 0 Å². The van der Waals surface area contributed by atoms with Gasteiger partial charge in [0.25, 0.3) is 0 Å². The Morgan fingerprint density at radius 3 is 2.94 bits per heavy atom. The van der Waals surface area contributed by atoms with Crippen LogP contribution in [0.3, 0.4) is 0 Å². The molecule has 16 heavy (non-hydrogen) atoms. The molecular formula is C11H12BrN3S. The number of halogens is 1. The van der Waals surface area contributed by atoms with Crippen molar-refractivity contribution in [2.45, 2.75) is 13.0 Å². The molecule has 0 fully saturated rings. The molecule has 0 saturated heterocycles. The fourth-order valence-corrected chi connectivity index (χ4v) is 2.73. The minimum Gasteiger partial charge on any atom is -0.305 e. The quantitative estimate of drug-likeness (QED) is 0.943. The highest BCUT2D eigenvalue weighted by atomic mass is 79.9. The predicted molar refractivity (Wildman–Crippen MR) is 69.6 cm³/mol. The van der Waals surface area contributed by atoms with Gasteiger partial charge in [-0.1, -0.05) is 6.92 Å². The minimum atomic E-state index is 0.126. The van der Waals surface area contributed by atoms with E-state index >= 15 is 0 Å². The summed E-state index contributed by atoms with van der Waals surface area (Å²) < 4.78 is 1.13. The van der Waals surface area contributed by atoms with Gasteiger partial charge in [0.15, 0.2) is 0 Å². The van der Waals surface area contributed by atoms with Gasteiger partial charge in [-0.05, 0) is 39.5 Å². The Morgan fingerprint density at radius 1 is 1.50 bits per heavy atom. The molecule has 0 bridgehead atoms. The van der Waals surface area contributed by atoms with Crippen molar-refractivity contribution in [1.82, 2.24) is 15.3 Å². The van der Waals surface area contributed by atoms with Crippen molar-refractivity contribution < 1.29 is 0 Å². The van der Waals surface area contributed by atoms with Crippen LogP contribution >= 0.6 is 27.3 Å². The van der Waals surface area contributed by atoms with Gasteiger partial charge in [-0.25, -0.2) is 0 Å². The maximum absolute atomic E-state index is 4.35. The van der Waals surface area contributed by atoms with Gasteiger partial charge in [0.2, 0.25) is 0 Å². The zero-order valence-corrected chi connectivity index (χ0v) is 11.3. The molecule has 2 heterocycles. The van der Waals surface area contributed by atoms with Gasteiger partial charge in [0, 0.05) is 12.4 Å². The zero-order chi connectivity index (χ0) is 11.4. The Bertz CT molecular complexity index is 444. The van der Waals surface area contributed by atoms with E-state index in [2.05, 4.69) is 49.6 Å². The number of aromatic nitrogens is 2. The average Bonchev–Trinajstić information content (AvgIpc) is 2.74. The normalized spacial score (nSPS) is 12.6. The highest BCUT2D eigenvalue weighted by molar-refractivity contribution is 9.11. The van der Waals surface area contributed by atoms with E-state index in [4.69, 9.17) is 0 Å². The van der Waals surface area contributed by atoms with Gasteiger partial charge >= 0.3 is 0 Å². The number of nitrogens with one attached hydrogen (secondary N) is 1. The van der Waals surface area contributed by atoms with Crippen molar-refractivity contribution in [3.8, 4) is 0 Å². The summed E-state index contributed by atoms with van der Waals surface area (Å²) in [5.74, 6) is 0. The first kappa shape index (κ1) is 11.7. The average molecular weight is 298 g/mol. The lowest BCUT2D eigenvalue weighted by Crippen LogP contribution is -2.22. The summed E-state index contributed by atoms with van der Waals surface area (Å²) in [6, 6.07) is 2.24. The second-order valence-electron chi connectivity index (χ2n) is 3.31. The first-order valence-electron chi connectivity index (χ1n) is 5.04. The molecule has 0 aliphatic rings. The first-order chi connectivity index (χ1) is 7.81. The van der Waals surface area contributed by atoms with Crippen LogP contribution in [0.25, 0.3) is 0 Å². The molecule has 0 saturated carbocycles. The predicted octanol–water partition coefficient (Wildman–Crippen LogP) is 3.00. The summed E-state index contributed by atoms with van der Waals surface area (Å²) in [4.78, 5) is 8.46. The van der Waals surface area contributed by atoms with E-state index in [9.17, 15) is 0 Å². The van der Waals surface area contributed by atoms with Crippen LogP contribution in [0, 0.1) is 0 Å². The summed E-state index contributed by atoms with van der Waals surface area (Å²) in [5.41, 5.74) is 2.17. The Labute approximate surface area is 107 Å². The fourth-order valence-electron chi connectivity index (χ4n) is 1.53. The molecule has 2 aromatic heterocycles. The fraction of sp³-hybridized carbons (Fsp3) is 0.273. The van der Waals surface area contributed by atoms with Gasteiger partial charge < -0.3 is 5.32 Å². The van der Waals surface area contributed by atoms with E-state index in [1.165, 1.54) is 5.56 Å². The molecule has 0 aliphatic carbocycles. The number of thiophene rings is 1. The summed E-state index contributed by atoms with van der Waals surface area (Å²) in [6.45, 7) is 2.99. The van der Waals surface area contributed by atoms with Gasteiger partial charge in [0.1, 0.15) is 0 Å². The van der Waals surface area contributed by atoms with E-state index in [1.54, 1.807) is 29.9 Å². The van der Waals surface area contributed by atoms with Crippen LogP contribution in [0.1, 0.15) is 24.2 Å². The van der Waals surface area contributed by atoms with Crippen LogP contribution in [0.5, 0.6) is 0 Å². The molecule has 1 atom stereocenters.